The van der Waals surface area contributed by atoms with Gasteiger partial charge in [0.05, 0.1) is 19.5 Å². The predicted molar refractivity (Wildman–Crippen MR) is 124 cm³/mol. The number of hydrogen-bond donors (Lipinski definition) is 12. The number of hydrogen-bond acceptors (Lipinski definition) is 12. The molecular formula is C18H36N6O13. The number of primary amides is 1. The second kappa shape index (κ2) is 25.2. The Bertz CT molecular complexity index is 715. The lowest BCUT2D eigenvalue weighted by molar-refractivity contribution is -0.141. The average molecular weight is 545 g/mol. The molecule has 1 aliphatic rings. The van der Waals surface area contributed by atoms with Crippen LogP contribution in [0, 0.1) is 0 Å². The molecule has 19 nitrogen and oxygen atoms in total. The molecule has 0 aromatic heterocycles. The largest absolute Gasteiger partial charge is 0.481 e. The van der Waals surface area contributed by atoms with Crippen LogP contribution in [-0.4, -0.2) is 110 Å². The number of amides is 1. The van der Waals surface area contributed by atoms with E-state index in [4.69, 9.17) is 42.1 Å². The van der Waals surface area contributed by atoms with Crippen molar-refractivity contribution in [1.29, 1.82) is 0 Å². The molecule has 1 rings (SSSR count). The Morgan fingerprint density at radius 3 is 1.32 bits per heavy atom. The molecule has 1 aliphatic heterocycles. The fourth-order valence-corrected chi connectivity index (χ4v) is 1.60. The van der Waals surface area contributed by atoms with Gasteiger partial charge < -0.3 is 64.6 Å². The third-order valence-electron chi connectivity index (χ3n) is 3.43. The van der Waals surface area contributed by atoms with E-state index in [-0.39, 0.29) is 38.4 Å². The molecule has 3 atom stereocenters. The summed E-state index contributed by atoms with van der Waals surface area (Å²) in [5.41, 5.74) is 23.7. The van der Waals surface area contributed by atoms with Crippen LogP contribution >= 0.6 is 0 Å². The number of nitrogens with one attached hydrogen (secondary N) is 1. The lowest BCUT2D eigenvalue weighted by Crippen LogP contribution is -2.34. The van der Waals surface area contributed by atoms with E-state index >= 15 is 0 Å². The number of aliphatic carboxylic acids is 6. The van der Waals surface area contributed by atoms with E-state index in [9.17, 15) is 33.6 Å². The Morgan fingerprint density at radius 2 is 1.16 bits per heavy atom. The smallest absolute Gasteiger partial charge is 0.321 e. The van der Waals surface area contributed by atoms with Gasteiger partial charge in [-0.1, -0.05) is 0 Å². The highest BCUT2D eigenvalue weighted by atomic mass is 16.4. The van der Waals surface area contributed by atoms with E-state index < -0.39 is 53.8 Å². The molecule has 1 heterocycles. The zero-order chi connectivity index (χ0) is 30.1. The number of nitrogens with two attached hydrogens (primary N) is 5. The number of carboxylic acid groups (broad SMARTS) is 6. The summed E-state index contributed by atoms with van der Waals surface area (Å²) >= 11 is 0. The van der Waals surface area contributed by atoms with Crippen molar-refractivity contribution in [3.8, 4) is 0 Å². The zero-order valence-corrected chi connectivity index (χ0v) is 19.8. The third kappa shape index (κ3) is 36.8. The van der Waals surface area contributed by atoms with Crippen LogP contribution in [0.25, 0.3) is 0 Å². The molecular weight excluding hydrogens is 508 g/mol. The molecule has 0 bridgehead atoms. The molecule has 1 fully saturated rings. The van der Waals surface area contributed by atoms with E-state index in [0.29, 0.717) is 0 Å². The number of carbonyl (C=O) groups is 7. The lowest BCUT2D eigenvalue weighted by atomic mass is 10.2. The van der Waals surface area contributed by atoms with Gasteiger partial charge in [-0.05, 0) is 25.8 Å². The van der Waals surface area contributed by atoms with Gasteiger partial charge in [-0.3, -0.25) is 33.6 Å². The summed E-state index contributed by atoms with van der Waals surface area (Å²) in [5.74, 6) is -6.77. The summed E-state index contributed by atoms with van der Waals surface area (Å²) in [4.78, 5) is 68.4. The summed E-state index contributed by atoms with van der Waals surface area (Å²) in [5, 5.41) is 50.8. The van der Waals surface area contributed by atoms with Gasteiger partial charge in [0.1, 0.15) is 18.1 Å². The van der Waals surface area contributed by atoms with Gasteiger partial charge in [0.25, 0.3) is 0 Å². The van der Waals surface area contributed by atoms with Crippen molar-refractivity contribution in [3.63, 3.8) is 0 Å². The molecule has 1 saturated heterocycles. The molecule has 0 aromatic rings. The van der Waals surface area contributed by atoms with Gasteiger partial charge in [0.2, 0.25) is 5.91 Å². The van der Waals surface area contributed by atoms with Gasteiger partial charge in [-0.2, -0.15) is 0 Å². The van der Waals surface area contributed by atoms with E-state index in [1.807, 2.05) is 0 Å². The van der Waals surface area contributed by atoms with Crippen molar-refractivity contribution >= 4 is 41.7 Å². The molecule has 1 amide bonds. The van der Waals surface area contributed by atoms with Crippen molar-refractivity contribution < 1.29 is 64.2 Å². The Balaban J connectivity index is -0.000000189. The van der Waals surface area contributed by atoms with Gasteiger partial charge in [-0.25, -0.2) is 0 Å². The first kappa shape index (κ1) is 40.3. The summed E-state index contributed by atoms with van der Waals surface area (Å²) in [7, 11) is 0. The Kier molecular flexibility index (Phi) is 27.4. The molecule has 216 valence electrons. The second-order valence-corrected chi connectivity index (χ2v) is 6.68. The van der Waals surface area contributed by atoms with Gasteiger partial charge in [-0.15, -0.1) is 0 Å². The maximum absolute atomic E-state index is 10.1. The first-order valence-corrected chi connectivity index (χ1v) is 10.2. The van der Waals surface area contributed by atoms with E-state index in [0.717, 1.165) is 19.4 Å². The van der Waals surface area contributed by atoms with E-state index in [1.54, 1.807) is 0 Å². The molecule has 0 saturated carbocycles. The van der Waals surface area contributed by atoms with Crippen LogP contribution < -0.4 is 34.0 Å². The fraction of sp³-hybridized carbons (Fsp3) is 0.611. The number of carboxylic acids is 6. The zero-order valence-electron chi connectivity index (χ0n) is 19.8. The van der Waals surface area contributed by atoms with Gasteiger partial charge in [0, 0.05) is 6.42 Å². The molecule has 37 heavy (non-hydrogen) atoms. The van der Waals surface area contributed by atoms with Crippen molar-refractivity contribution in [3.05, 3.63) is 0 Å². The van der Waals surface area contributed by atoms with Crippen LogP contribution in [0.4, 0.5) is 0 Å². The molecule has 0 unspecified atom stereocenters. The summed E-state index contributed by atoms with van der Waals surface area (Å²) < 4.78 is 0. The highest BCUT2D eigenvalue weighted by Gasteiger charge is 2.20. The predicted octanol–water partition coefficient (Wildman–Crippen LogP) is -4.58. The molecule has 0 radical (unpaired) electrons. The van der Waals surface area contributed by atoms with Gasteiger partial charge in [0.15, 0.2) is 0 Å². The van der Waals surface area contributed by atoms with Crippen LogP contribution in [-0.2, 0) is 33.6 Å². The number of rotatable bonds is 10. The first-order valence-electron chi connectivity index (χ1n) is 10.2. The topological polar surface area (TPSA) is 383 Å². The molecule has 0 spiro atoms. The summed E-state index contributed by atoms with van der Waals surface area (Å²) in [6.07, 6.45) is 1.25. The highest BCUT2D eigenvalue weighted by Crippen LogP contribution is 2.03. The van der Waals surface area contributed by atoms with Crippen LogP contribution in [0.5, 0.6) is 0 Å². The lowest BCUT2D eigenvalue weighted by Gasteiger charge is -2.01. The van der Waals surface area contributed by atoms with E-state index in [1.165, 1.54) is 0 Å². The van der Waals surface area contributed by atoms with Gasteiger partial charge >= 0.3 is 35.8 Å². The second-order valence-electron chi connectivity index (χ2n) is 6.68. The van der Waals surface area contributed by atoms with Crippen LogP contribution in [0.1, 0.15) is 32.1 Å². The summed E-state index contributed by atoms with van der Waals surface area (Å²) in [6.45, 7) is 0.303. The monoisotopic (exact) mass is 544 g/mol. The average Bonchev–Trinajstić information content (AvgIpc) is 3.34. The van der Waals surface area contributed by atoms with Crippen molar-refractivity contribution in [1.82, 2.24) is 5.32 Å². The maximum Gasteiger partial charge on any atom is 0.321 e. The van der Waals surface area contributed by atoms with Crippen molar-refractivity contribution in [2.45, 2.75) is 50.2 Å². The van der Waals surface area contributed by atoms with Crippen LogP contribution in [0.3, 0.4) is 0 Å². The Labute approximate surface area is 210 Å². The minimum Gasteiger partial charge on any atom is -0.481 e. The fourth-order valence-electron chi connectivity index (χ4n) is 1.60. The van der Waals surface area contributed by atoms with Crippen molar-refractivity contribution in [2.75, 3.05) is 19.6 Å². The molecule has 19 heteroatoms. The minimum absolute atomic E-state index is 0.0231. The third-order valence-corrected chi connectivity index (χ3v) is 3.43. The first-order chi connectivity index (χ1) is 16.9. The maximum atomic E-state index is 10.1. The van der Waals surface area contributed by atoms with E-state index in [2.05, 4.69) is 22.5 Å². The molecule has 17 N–H and O–H groups in total. The number of carbonyl (C=O) groups excluding carboxylic acids is 1. The quantitative estimate of drug-likeness (QED) is 0.123. The normalized spacial score (nSPS) is 14.5. The minimum atomic E-state index is -1.21. The Hall–Kier alpha value is -3.91. The highest BCUT2D eigenvalue weighted by molar-refractivity contribution is 5.83. The standard InChI is InChI=1S/C5H9NO4.C5H9NO2.C4H8N2O3.2C2H5NO2/c6-3(5(9)10)1-2-4(7)8;7-5(8)4-2-1-3-6-4;5-2(4(8)9)1-3(6)7;2*3-1-2(4)5/h3H,1-2,6H2,(H,7,8)(H,9,10);4,6H,1-3H2,(H,7,8);2H,1,5H2,(H2,6,7)(H,8,9);2*1,3H2,(H,4,5)/t3-;4-;2-;;/m000../s1. The Morgan fingerprint density at radius 1 is 0.757 bits per heavy atom. The summed E-state index contributed by atoms with van der Waals surface area (Å²) in [6, 6.07) is -2.49. The van der Waals surface area contributed by atoms with Crippen LogP contribution in [0.2, 0.25) is 0 Å². The van der Waals surface area contributed by atoms with Crippen LogP contribution in [0.15, 0.2) is 0 Å². The molecule has 0 aromatic carbocycles. The SMILES string of the molecule is NC(=O)C[C@H](N)C(=O)O.NCC(=O)O.NCC(=O)O.N[C@@H](CCC(=O)O)C(=O)O.O=C(O)[C@@H]1CCCN1. The molecule has 0 aliphatic carbocycles. The van der Waals surface area contributed by atoms with Crippen molar-refractivity contribution in [2.24, 2.45) is 28.7 Å².